The van der Waals surface area contributed by atoms with Crippen LogP contribution in [0.15, 0.2) is 29.2 Å². The van der Waals surface area contributed by atoms with E-state index in [1.807, 2.05) is 0 Å². The average Bonchev–Trinajstić information content (AvgIpc) is 3.00. The van der Waals surface area contributed by atoms with Crippen molar-refractivity contribution in [2.24, 2.45) is 0 Å². The van der Waals surface area contributed by atoms with Gasteiger partial charge in [0, 0.05) is 19.6 Å². The van der Waals surface area contributed by atoms with Gasteiger partial charge in [-0.3, -0.25) is 4.79 Å². The maximum absolute atomic E-state index is 12.5. The van der Waals surface area contributed by atoms with Crippen LogP contribution >= 0.6 is 0 Å². The molecule has 6 heteroatoms. The van der Waals surface area contributed by atoms with Crippen LogP contribution in [0.5, 0.6) is 0 Å². The van der Waals surface area contributed by atoms with Gasteiger partial charge in [-0.25, -0.2) is 8.42 Å². The van der Waals surface area contributed by atoms with Gasteiger partial charge >= 0.3 is 0 Å². The maximum atomic E-state index is 12.5. The molecule has 1 amide bonds. The number of amides is 1. The molecule has 1 aliphatic heterocycles. The summed E-state index contributed by atoms with van der Waals surface area (Å²) in [6.45, 7) is 3.23. The Bertz CT molecular complexity index is 592. The van der Waals surface area contributed by atoms with Crippen LogP contribution in [0, 0.1) is 0 Å². The summed E-state index contributed by atoms with van der Waals surface area (Å²) in [5, 5.41) is 3.20. The first-order valence-corrected chi connectivity index (χ1v) is 8.42. The summed E-state index contributed by atoms with van der Waals surface area (Å²) in [4.78, 5) is 14.3. The zero-order valence-electron chi connectivity index (χ0n) is 11.8. The molecule has 1 aliphatic rings. The molecule has 1 heterocycles. The Balaban J connectivity index is 2.35. The van der Waals surface area contributed by atoms with E-state index in [0.29, 0.717) is 0 Å². The normalized spacial score (nSPS) is 19.0. The van der Waals surface area contributed by atoms with Gasteiger partial charge in [0.15, 0.2) is 9.84 Å². The molecule has 0 unspecified atom stereocenters. The Kier molecular flexibility index (Phi) is 4.45. The van der Waals surface area contributed by atoms with E-state index in [0.717, 1.165) is 19.5 Å². The standard InChI is InChI=1S/C14H20N2O3S/c1-3-20(18,19)13-7-5-4-6-12(13)14(17)16(2)11-8-9-15-10-11/h4-7,11,15H,3,8-10H2,1-2H3/t11-/m1/s1. The molecule has 1 fully saturated rings. The fourth-order valence-electron chi connectivity index (χ4n) is 2.40. The highest BCUT2D eigenvalue weighted by Gasteiger charge is 2.27. The van der Waals surface area contributed by atoms with Crippen LogP contribution in [0.2, 0.25) is 0 Å². The highest BCUT2D eigenvalue weighted by Crippen LogP contribution is 2.20. The molecule has 0 saturated carbocycles. The predicted molar refractivity (Wildman–Crippen MR) is 77.5 cm³/mol. The number of hydrogen-bond donors (Lipinski definition) is 1. The summed E-state index contributed by atoms with van der Waals surface area (Å²) in [6, 6.07) is 6.57. The number of nitrogens with zero attached hydrogens (tertiary/aromatic N) is 1. The topological polar surface area (TPSA) is 66.5 Å². The first-order valence-electron chi connectivity index (χ1n) is 6.77. The van der Waals surface area contributed by atoms with E-state index in [4.69, 9.17) is 0 Å². The van der Waals surface area contributed by atoms with Crippen LogP contribution in [0.1, 0.15) is 23.7 Å². The van der Waals surface area contributed by atoms with E-state index in [1.54, 1.807) is 37.1 Å². The monoisotopic (exact) mass is 296 g/mol. The van der Waals surface area contributed by atoms with Gasteiger partial charge in [-0.05, 0) is 25.1 Å². The van der Waals surface area contributed by atoms with Crippen molar-refractivity contribution < 1.29 is 13.2 Å². The Morgan fingerprint density at radius 3 is 2.70 bits per heavy atom. The van der Waals surface area contributed by atoms with Crippen molar-refractivity contribution in [1.82, 2.24) is 10.2 Å². The molecule has 1 aromatic carbocycles. The highest BCUT2D eigenvalue weighted by molar-refractivity contribution is 7.91. The van der Waals surface area contributed by atoms with Crippen LogP contribution in [0.4, 0.5) is 0 Å². The zero-order chi connectivity index (χ0) is 14.8. The molecule has 1 N–H and O–H groups in total. The van der Waals surface area contributed by atoms with Gasteiger partial charge in [-0.2, -0.15) is 0 Å². The Labute approximate surface area is 119 Å². The minimum absolute atomic E-state index is 0.00794. The second-order valence-electron chi connectivity index (χ2n) is 4.96. The molecule has 0 aromatic heterocycles. The molecule has 1 atom stereocenters. The van der Waals surface area contributed by atoms with Gasteiger partial charge in [0.1, 0.15) is 0 Å². The van der Waals surface area contributed by atoms with Crippen LogP contribution in [-0.4, -0.2) is 51.2 Å². The summed E-state index contributed by atoms with van der Waals surface area (Å²) >= 11 is 0. The number of nitrogens with one attached hydrogen (secondary N) is 1. The maximum Gasteiger partial charge on any atom is 0.255 e. The van der Waals surface area contributed by atoms with E-state index in [-0.39, 0.29) is 28.2 Å². The minimum Gasteiger partial charge on any atom is -0.337 e. The average molecular weight is 296 g/mol. The first kappa shape index (κ1) is 15.0. The molecule has 1 aromatic rings. The second kappa shape index (κ2) is 5.93. The van der Waals surface area contributed by atoms with Gasteiger partial charge in [0.2, 0.25) is 0 Å². The number of rotatable bonds is 4. The summed E-state index contributed by atoms with van der Waals surface area (Å²) in [7, 11) is -1.66. The van der Waals surface area contributed by atoms with Crippen molar-refractivity contribution in [3.05, 3.63) is 29.8 Å². The van der Waals surface area contributed by atoms with Gasteiger partial charge in [0.25, 0.3) is 5.91 Å². The lowest BCUT2D eigenvalue weighted by Crippen LogP contribution is -2.38. The highest BCUT2D eigenvalue weighted by atomic mass is 32.2. The molecule has 1 saturated heterocycles. The van der Waals surface area contributed by atoms with E-state index < -0.39 is 9.84 Å². The van der Waals surface area contributed by atoms with Crippen LogP contribution < -0.4 is 5.32 Å². The molecular weight excluding hydrogens is 276 g/mol. The fourth-order valence-corrected chi connectivity index (χ4v) is 3.48. The summed E-state index contributed by atoms with van der Waals surface area (Å²) in [6.07, 6.45) is 0.894. The molecule has 0 aliphatic carbocycles. The quantitative estimate of drug-likeness (QED) is 0.897. The number of sulfone groups is 1. The van der Waals surface area contributed by atoms with Crippen LogP contribution in [-0.2, 0) is 9.84 Å². The molecule has 0 spiro atoms. The molecule has 5 nitrogen and oxygen atoms in total. The van der Waals surface area contributed by atoms with E-state index in [1.165, 1.54) is 6.07 Å². The summed E-state index contributed by atoms with van der Waals surface area (Å²) in [5.74, 6) is -0.238. The molecule has 0 radical (unpaired) electrons. The lowest BCUT2D eigenvalue weighted by Gasteiger charge is -2.24. The van der Waals surface area contributed by atoms with Crippen molar-refractivity contribution in [2.75, 3.05) is 25.9 Å². The van der Waals surface area contributed by atoms with Gasteiger partial charge < -0.3 is 10.2 Å². The number of carbonyl (C=O) groups is 1. The van der Waals surface area contributed by atoms with Gasteiger partial charge in [0.05, 0.1) is 16.2 Å². The third kappa shape index (κ3) is 2.86. The minimum atomic E-state index is -3.39. The summed E-state index contributed by atoms with van der Waals surface area (Å²) in [5.41, 5.74) is 0.267. The number of benzene rings is 1. The third-order valence-corrected chi connectivity index (χ3v) is 5.52. The second-order valence-corrected chi connectivity index (χ2v) is 7.21. The van der Waals surface area contributed by atoms with E-state index in [9.17, 15) is 13.2 Å². The van der Waals surface area contributed by atoms with E-state index in [2.05, 4.69) is 5.32 Å². The predicted octanol–water partition coefficient (Wildman–Crippen LogP) is 0.914. The molecule has 0 bridgehead atoms. The Hall–Kier alpha value is -1.40. The molecule has 2 rings (SSSR count). The smallest absolute Gasteiger partial charge is 0.255 e. The third-order valence-electron chi connectivity index (χ3n) is 3.73. The Morgan fingerprint density at radius 2 is 2.10 bits per heavy atom. The van der Waals surface area contributed by atoms with Crippen molar-refractivity contribution in [3.63, 3.8) is 0 Å². The summed E-state index contributed by atoms with van der Waals surface area (Å²) < 4.78 is 24.2. The fraction of sp³-hybridized carbons (Fsp3) is 0.500. The van der Waals surface area contributed by atoms with Crippen LogP contribution in [0.25, 0.3) is 0 Å². The number of likely N-dealkylation sites (N-methyl/N-ethyl adjacent to an activating group) is 1. The van der Waals surface area contributed by atoms with Crippen LogP contribution in [0.3, 0.4) is 0 Å². The van der Waals surface area contributed by atoms with Crippen molar-refractivity contribution in [2.45, 2.75) is 24.3 Å². The van der Waals surface area contributed by atoms with Crippen molar-refractivity contribution in [1.29, 1.82) is 0 Å². The van der Waals surface area contributed by atoms with E-state index >= 15 is 0 Å². The zero-order valence-corrected chi connectivity index (χ0v) is 12.6. The SMILES string of the molecule is CCS(=O)(=O)c1ccccc1C(=O)N(C)[C@@H]1CCNC1. The lowest BCUT2D eigenvalue weighted by atomic mass is 10.1. The van der Waals surface area contributed by atoms with Gasteiger partial charge in [-0.1, -0.05) is 19.1 Å². The van der Waals surface area contributed by atoms with Crippen molar-refractivity contribution in [3.8, 4) is 0 Å². The molecule has 110 valence electrons. The number of carbonyl (C=O) groups excluding carboxylic acids is 1. The molecular formula is C14H20N2O3S. The lowest BCUT2D eigenvalue weighted by molar-refractivity contribution is 0.0740. The van der Waals surface area contributed by atoms with Gasteiger partial charge in [-0.15, -0.1) is 0 Å². The largest absolute Gasteiger partial charge is 0.337 e. The first-order chi connectivity index (χ1) is 9.47. The molecule has 20 heavy (non-hydrogen) atoms. The Morgan fingerprint density at radius 1 is 1.40 bits per heavy atom. The van der Waals surface area contributed by atoms with Crippen molar-refractivity contribution >= 4 is 15.7 Å². The number of hydrogen-bond acceptors (Lipinski definition) is 4.